The molecule has 1 amide bonds. The SMILES string of the molecule is CC(C)CN(Cc1nc2ccccc2n1C)C(=O)c1ccccc1. The van der Waals surface area contributed by atoms with Crippen molar-refractivity contribution in [3.63, 3.8) is 0 Å². The van der Waals surface area contributed by atoms with E-state index in [1.165, 1.54) is 0 Å². The van der Waals surface area contributed by atoms with Crippen LogP contribution in [0.5, 0.6) is 0 Å². The molecule has 4 heteroatoms. The summed E-state index contributed by atoms with van der Waals surface area (Å²) in [5.74, 6) is 1.35. The average molecular weight is 321 g/mol. The van der Waals surface area contributed by atoms with Crippen LogP contribution in [0.4, 0.5) is 0 Å². The van der Waals surface area contributed by atoms with Crippen molar-refractivity contribution in [1.82, 2.24) is 14.5 Å². The third-order valence-electron chi connectivity index (χ3n) is 4.11. The Morgan fingerprint density at radius 3 is 2.42 bits per heavy atom. The summed E-state index contributed by atoms with van der Waals surface area (Å²) in [6.45, 7) is 5.47. The van der Waals surface area contributed by atoms with Crippen molar-refractivity contribution in [3.05, 3.63) is 66.0 Å². The van der Waals surface area contributed by atoms with Crippen molar-refractivity contribution in [1.29, 1.82) is 0 Å². The molecule has 1 aromatic heterocycles. The fraction of sp³-hybridized carbons (Fsp3) is 0.300. The first-order valence-electron chi connectivity index (χ1n) is 8.31. The molecular weight excluding hydrogens is 298 g/mol. The number of aromatic nitrogens is 2. The van der Waals surface area contributed by atoms with E-state index in [0.717, 1.165) is 22.4 Å². The average Bonchev–Trinajstić information content (AvgIpc) is 2.90. The minimum atomic E-state index is 0.0522. The highest BCUT2D eigenvalue weighted by atomic mass is 16.2. The molecule has 0 aliphatic heterocycles. The fourth-order valence-corrected chi connectivity index (χ4v) is 2.93. The van der Waals surface area contributed by atoms with Crippen LogP contribution in [-0.2, 0) is 13.6 Å². The first-order valence-corrected chi connectivity index (χ1v) is 8.31. The Balaban J connectivity index is 1.91. The molecular formula is C20H23N3O. The molecule has 0 saturated carbocycles. The van der Waals surface area contributed by atoms with Gasteiger partial charge in [0.05, 0.1) is 17.6 Å². The molecule has 0 N–H and O–H groups in total. The Kier molecular flexibility index (Phi) is 4.65. The summed E-state index contributed by atoms with van der Waals surface area (Å²) < 4.78 is 2.07. The number of benzene rings is 2. The van der Waals surface area contributed by atoms with Gasteiger partial charge in [-0.3, -0.25) is 4.79 Å². The zero-order chi connectivity index (χ0) is 17.1. The van der Waals surface area contributed by atoms with E-state index >= 15 is 0 Å². The lowest BCUT2D eigenvalue weighted by atomic mass is 10.1. The maximum atomic E-state index is 12.9. The molecule has 3 aromatic rings. The Hall–Kier alpha value is -2.62. The van der Waals surface area contributed by atoms with Gasteiger partial charge in [-0.05, 0) is 30.2 Å². The molecule has 124 valence electrons. The lowest BCUT2D eigenvalue weighted by Gasteiger charge is -2.24. The van der Waals surface area contributed by atoms with Crippen LogP contribution in [0, 0.1) is 5.92 Å². The zero-order valence-electron chi connectivity index (χ0n) is 14.4. The van der Waals surface area contributed by atoms with Crippen molar-refractivity contribution in [2.24, 2.45) is 13.0 Å². The third-order valence-corrected chi connectivity index (χ3v) is 4.11. The van der Waals surface area contributed by atoms with E-state index in [-0.39, 0.29) is 5.91 Å². The van der Waals surface area contributed by atoms with E-state index in [0.29, 0.717) is 19.0 Å². The van der Waals surface area contributed by atoms with Gasteiger partial charge in [0.1, 0.15) is 5.82 Å². The molecule has 0 aliphatic carbocycles. The van der Waals surface area contributed by atoms with Crippen LogP contribution < -0.4 is 0 Å². The molecule has 24 heavy (non-hydrogen) atoms. The number of carbonyl (C=O) groups is 1. The second-order valence-corrected chi connectivity index (χ2v) is 6.52. The number of hydrogen-bond donors (Lipinski definition) is 0. The number of carbonyl (C=O) groups excluding carboxylic acids is 1. The molecule has 0 radical (unpaired) electrons. The van der Waals surface area contributed by atoms with E-state index in [9.17, 15) is 4.79 Å². The molecule has 0 bridgehead atoms. The van der Waals surface area contributed by atoms with Gasteiger partial charge >= 0.3 is 0 Å². The van der Waals surface area contributed by atoms with E-state index in [1.54, 1.807) is 0 Å². The number of rotatable bonds is 5. The number of para-hydroxylation sites is 2. The van der Waals surface area contributed by atoms with Gasteiger partial charge in [-0.15, -0.1) is 0 Å². The summed E-state index contributed by atoms with van der Waals surface area (Å²) in [5, 5.41) is 0. The number of aryl methyl sites for hydroxylation is 1. The van der Waals surface area contributed by atoms with Gasteiger partial charge in [-0.1, -0.05) is 44.2 Å². The predicted molar refractivity (Wildman–Crippen MR) is 96.7 cm³/mol. The molecule has 4 nitrogen and oxygen atoms in total. The highest BCUT2D eigenvalue weighted by Crippen LogP contribution is 2.17. The molecule has 0 atom stereocenters. The van der Waals surface area contributed by atoms with Gasteiger partial charge in [-0.25, -0.2) is 4.98 Å². The minimum Gasteiger partial charge on any atom is -0.331 e. The van der Waals surface area contributed by atoms with Crippen LogP contribution in [0.1, 0.15) is 30.0 Å². The maximum absolute atomic E-state index is 12.9. The normalized spacial score (nSPS) is 11.2. The maximum Gasteiger partial charge on any atom is 0.254 e. The second-order valence-electron chi connectivity index (χ2n) is 6.52. The molecule has 2 aromatic carbocycles. The van der Waals surface area contributed by atoms with Crippen LogP contribution in [0.2, 0.25) is 0 Å². The highest BCUT2D eigenvalue weighted by Gasteiger charge is 2.19. The minimum absolute atomic E-state index is 0.0522. The summed E-state index contributed by atoms with van der Waals surface area (Å²) in [4.78, 5) is 19.5. The lowest BCUT2D eigenvalue weighted by molar-refractivity contribution is 0.0717. The Labute approximate surface area is 142 Å². The number of imidazole rings is 1. The van der Waals surface area contributed by atoms with E-state index < -0.39 is 0 Å². The topological polar surface area (TPSA) is 38.1 Å². The monoisotopic (exact) mass is 321 g/mol. The van der Waals surface area contributed by atoms with Crippen LogP contribution in [-0.4, -0.2) is 26.9 Å². The largest absolute Gasteiger partial charge is 0.331 e. The molecule has 0 fully saturated rings. The van der Waals surface area contributed by atoms with Gasteiger partial charge in [0, 0.05) is 19.2 Å². The summed E-state index contributed by atoms with van der Waals surface area (Å²) in [6, 6.07) is 17.5. The van der Waals surface area contributed by atoms with Crippen LogP contribution in [0.25, 0.3) is 11.0 Å². The molecule has 0 saturated heterocycles. The van der Waals surface area contributed by atoms with Gasteiger partial charge in [0.15, 0.2) is 0 Å². The van der Waals surface area contributed by atoms with E-state index in [2.05, 4.69) is 24.5 Å². The second kappa shape index (κ2) is 6.87. The van der Waals surface area contributed by atoms with Crippen LogP contribution >= 0.6 is 0 Å². The molecule has 0 unspecified atom stereocenters. The number of hydrogen-bond acceptors (Lipinski definition) is 2. The standard InChI is InChI=1S/C20H23N3O/c1-15(2)13-23(20(24)16-9-5-4-6-10-16)14-19-21-17-11-7-8-12-18(17)22(19)3/h4-12,15H,13-14H2,1-3H3. The van der Waals surface area contributed by atoms with Gasteiger partial charge in [0.25, 0.3) is 5.91 Å². The first-order chi connectivity index (χ1) is 11.6. The summed E-state index contributed by atoms with van der Waals surface area (Å²) in [5.41, 5.74) is 2.77. The Morgan fingerprint density at radius 1 is 1.08 bits per heavy atom. The molecule has 3 rings (SSSR count). The summed E-state index contributed by atoms with van der Waals surface area (Å²) >= 11 is 0. The van der Waals surface area contributed by atoms with Gasteiger partial charge in [0.2, 0.25) is 0 Å². The summed E-state index contributed by atoms with van der Waals surface area (Å²) in [6.07, 6.45) is 0. The van der Waals surface area contributed by atoms with E-state index in [4.69, 9.17) is 4.98 Å². The van der Waals surface area contributed by atoms with Crippen molar-refractivity contribution >= 4 is 16.9 Å². The Morgan fingerprint density at radius 2 is 1.75 bits per heavy atom. The van der Waals surface area contributed by atoms with Crippen molar-refractivity contribution in [2.75, 3.05) is 6.54 Å². The number of nitrogens with zero attached hydrogens (tertiary/aromatic N) is 3. The molecule has 1 heterocycles. The smallest absolute Gasteiger partial charge is 0.254 e. The fourth-order valence-electron chi connectivity index (χ4n) is 2.93. The number of amides is 1. The van der Waals surface area contributed by atoms with Gasteiger partial charge < -0.3 is 9.47 Å². The summed E-state index contributed by atoms with van der Waals surface area (Å²) in [7, 11) is 2.01. The van der Waals surface area contributed by atoms with Crippen LogP contribution in [0.15, 0.2) is 54.6 Å². The van der Waals surface area contributed by atoms with Crippen molar-refractivity contribution in [2.45, 2.75) is 20.4 Å². The Bertz CT molecular complexity index is 836. The molecule has 0 spiro atoms. The first kappa shape index (κ1) is 16.2. The molecule has 0 aliphatic rings. The van der Waals surface area contributed by atoms with Gasteiger partial charge in [-0.2, -0.15) is 0 Å². The number of fused-ring (bicyclic) bond motifs is 1. The highest BCUT2D eigenvalue weighted by molar-refractivity contribution is 5.94. The quantitative estimate of drug-likeness (QED) is 0.715. The van der Waals surface area contributed by atoms with Crippen molar-refractivity contribution in [3.8, 4) is 0 Å². The van der Waals surface area contributed by atoms with E-state index in [1.807, 2.05) is 60.5 Å². The lowest BCUT2D eigenvalue weighted by Crippen LogP contribution is -2.34. The zero-order valence-corrected chi connectivity index (χ0v) is 14.4. The predicted octanol–water partition coefficient (Wildman–Crippen LogP) is 3.87. The van der Waals surface area contributed by atoms with Crippen molar-refractivity contribution < 1.29 is 4.79 Å². The van der Waals surface area contributed by atoms with Crippen LogP contribution in [0.3, 0.4) is 0 Å². The third kappa shape index (κ3) is 3.32.